The summed E-state index contributed by atoms with van der Waals surface area (Å²) in [6.07, 6.45) is 3.99. The summed E-state index contributed by atoms with van der Waals surface area (Å²) in [4.78, 5) is 12.0. The van der Waals surface area contributed by atoms with Crippen LogP contribution in [0, 0.1) is 18.8 Å². The van der Waals surface area contributed by atoms with E-state index in [0.717, 1.165) is 17.5 Å². The van der Waals surface area contributed by atoms with E-state index in [0.29, 0.717) is 29.4 Å². The summed E-state index contributed by atoms with van der Waals surface area (Å²) in [5, 5.41) is 3.83. The molecule has 1 aliphatic rings. The summed E-state index contributed by atoms with van der Waals surface area (Å²) in [6, 6.07) is 8.28. The molecule has 0 spiro atoms. The van der Waals surface area contributed by atoms with E-state index in [2.05, 4.69) is 30.0 Å². The van der Waals surface area contributed by atoms with Gasteiger partial charge in [0, 0.05) is 6.04 Å². The van der Waals surface area contributed by atoms with Crippen molar-refractivity contribution in [1.29, 1.82) is 0 Å². The van der Waals surface area contributed by atoms with E-state index in [1.54, 1.807) is 0 Å². The largest absolute Gasteiger partial charge is 0.358 e. The van der Waals surface area contributed by atoms with Crippen molar-refractivity contribution in [2.75, 3.05) is 0 Å². The van der Waals surface area contributed by atoms with Crippen molar-refractivity contribution in [3.05, 3.63) is 35.4 Å². The predicted molar refractivity (Wildman–Crippen MR) is 97.9 cm³/mol. The lowest BCUT2D eigenvalue weighted by molar-refractivity contribution is -0.121. The van der Waals surface area contributed by atoms with Gasteiger partial charge in [-0.1, -0.05) is 51.0 Å². The van der Waals surface area contributed by atoms with Crippen molar-refractivity contribution in [2.45, 2.75) is 52.5 Å². The van der Waals surface area contributed by atoms with Gasteiger partial charge in [0.05, 0.1) is 6.42 Å². The molecule has 4 nitrogen and oxygen atoms in total. The molecule has 0 bridgehead atoms. The van der Waals surface area contributed by atoms with Gasteiger partial charge in [-0.05, 0) is 48.5 Å². The van der Waals surface area contributed by atoms with Crippen LogP contribution in [0.2, 0.25) is 0 Å². The lowest BCUT2D eigenvalue weighted by Crippen LogP contribution is -2.52. The molecule has 0 heterocycles. The Morgan fingerprint density at radius 1 is 1.22 bits per heavy atom. The molecule has 126 valence electrons. The minimum Gasteiger partial charge on any atom is -0.358 e. The number of nitrogens with one attached hydrogen (secondary N) is 3. The van der Waals surface area contributed by atoms with Crippen molar-refractivity contribution in [1.82, 2.24) is 16.2 Å². The number of hydrogen-bond donors (Lipinski definition) is 3. The molecular weight excluding hydrogens is 306 g/mol. The molecule has 1 fully saturated rings. The molecule has 0 unspecified atom stereocenters. The third-order valence-corrected chi connectivity index (χ3v) is 5.17. The molecule has 1 aromatic rings. The first kappa shape index (κ1) is 17.7. The monoisotopic (exact) mass is 333 g/mol. The van der Waals surface area contributed by atoms with Crippen LogP contribution in [0.3, 0.4) is 0 Å². The van der Waals surface area contributed by atoms with E-state index in [9.17, 15) is 4.79 Å². The number of carbonyl (C=O) groups is 1. The van der Waals surface area contributed by atoms with Crippen LogP contribution in [-0.4, -0.2) is 17.1 Å². The zero-order chi connectivity index (χ0) is 16.8. The quantitative estimate of drug-likeness (QED) is 0.588. The summed E-state index contributed by atoms with van der Waals surface area (Å²) in [7, 11) is 0. The molecule has 3 atom stereocenters. The molecule has 0 radical (unpaired) electrons. The number of carbonyl (C=O) groups excluding carboxylic acids is 1. The van der Waals surface area contributed by atoms with Crippen LogP contribution in [0.15, 0.2) is 24.3 Å². The van der Waals surface area contributed by atoms with Gasteiger partial charge < -0.3 is 5.32 Å². The number of hydrogen-bond acceptors (Lipinski definition) is 2. The van der Waals surface area contributed by atoms with Gasteiger partial charge in [-0.2, -0.15) is 0 Å². The highest BCUT2D eigenvalue weighted by Gasteiger charge is 2.27. The van der Waals surface area contributed by atoms with Crippen LogP contribution in [0.25, 0.3) is 0 Å². The summed E-state index contributed by atoms with van der Waals surface area (Å²) < 4.78 is 0. The van der Waals surface area contributed by atoms with Crippen molar-refractivity contribution >= 4 is 23.2 Å². The molecule has 23 heavy (non-hydrogen) atoms. The summed E-state index contributed by atoms with van der Waals surface area (Å²) >= 11 is 5.30. The average molecular weight is 334 g/mol. The van der Waals surface area contributed by atoms with Crippen LogP contribution in [0.5, 0.6) is 0 Å². The van der Waals surface area contributed by atoms with Gasteiger partial charge in [-0.25, -0.2) is 0 Å². The Labute approximate surface area is 144 Å². The van der Waals surface area contributed by atoms with E-state index in [-0.39, 0.29) is 5.91 Å². The highest BCUT2D eigenvalue weighted by molar-refractivity contribution is 7.80. The minimum absolute atomic E-state index is 0.0893. The fraction of sp³-hybridized carbons (Fsp3) is 0.556. The third-order valence-electron chi connectivity index (χ3n) is 4.95. The lowest BCUT2D eigenvalue weighted by atomic mass is 9.78. The Morgan fingerprint density at radius 3 is 2.70 bits per heavy atom. The standard InChI is InChI=1S/C18H27N3OS/c1-12-8-6-10-16(14(12)3)19-18(23)21-20-17(22)11-15-9-5-4-7-13(15)2/h4-5,7,9,12,14,16H,6,8,10-11H2,1-3H3,(H,20,22)(H2,19,21,23)/t12-,14+,16+/m1/s1. The molecule has 1 aliphatic carbocycles. The summed E-state index contributed by atoms with van der Waals surface area (Å²) in [5.74, 6) is 1.21. The minimum atomic E-state index is -0.0893. The van der Waals surface area contributed by atoms with Crippen LogP contribution in [-0.2, 0) is 11.2 Å². The van der Waals surface area contributed by atoms with Crippen molar-refractivity contribution < 1.29 is 4.79 Å². The molecule has 2 rings (SSSR count). The number of benzene rings is 1. The first-order valence-corrected chi connectivity index (χ1v) is 8.78. The van der Waals surface area contributed by atoms with E-state index < -0.39 is 0 Å². The second-order valence-corrected chi connectivity index (χ2v) is 7.03. The average Bonchev–Trinajstić information content (AvgIpc) is 2.52. The molecule has 0 aromatic heterocycles. The second-order valence-electron chi connectivity index (χ2n) is 6.62. The Morgan fingerprint density at radius 2 is 1.96 bits per heavy atom. The highest BCUT2D eigenvalue weighted by Crippen LogP contribution is 2.29. The maximum atomic E-state index is 12.0. The summed E-state index contributed by atoms with van der Waals surface area (Å²) in [6.45, 7) is 6.56. The van der Waals surface area contributed by atoms with Gasteiger partial charge >= 0.3 is 0 Å². The van der Waals surface area contributed by atoms with Gasteiger partial charge in [-0.15, -0.1) is 0 Å². The van der Waals surface area contributed by atoms with E-state index in [4.69, 9.17) is 12.2 Å². The fourth-order valence-corrected chi connectivity index (χ4v) is 3.34. The number of hydrazine groups is 1. The van der Waals surface area contributed by atoms with Crippen LogP contribution >= 0.6 is 12.2 Å². The number of rotatable bonds is 3. The molecule has 1 saturated carbocycles. The van der Waals surface area contributed by atoms with Crippen molar-refractivity contribution in [2.24, 2.45) is 11.8 Å². The normalized spacial score (nSPS) is 23.9. The fourth-order valence-electron chi connectivity index (χ4n) is 3.14. The number of amides is 1. The zero-order valence-electron chi connectivity index (χ0n) is 14.2. The SMILES string of the molecule is Cc1ccccc1CC(=O)NNC(=S)N[C@H]1CCC[C@@H](C)[C@@H]1C. The molecule has 5 heteroatoms. The molecule has 0 saturated heterocycles. The Kier molecular flexibility index (Phi) is 6.39. The highest BCUT2D eigenvalue weighted by atomic mass is 32.1. The zero-order valence-corrected chi connectivity index (χ0v) is 15.0. The van der Waals surface area contributed by atoms with Crippen LogP contribution in [0.1, 0.15) is 44.2 Å². The lowest BCUT2D eigenvalue weighted by Gasteiger charge is -2.35. The number of thiocarbonyl (C=S) groups is 1. The van der Waals surface area contributed by atoms with Crippen LogP contribution in [0.4, 0.5) is 0 Å². The van der Waals surface area contributed by atoms with Gasteiger partial charge in [-0.3, -0.25) is 15.6 Å². The molecule has 0 aliphatic heterocycles. The molecule has 1 aromatic carbocycles. The maximum Gasteiger partial charge on any atom is 0.242 e. The predicted octanol–water partition coefficient (Wildman–Crippen LogP) is 2.86. The Balaban J connectivity index is 1.76. The first-order valence-electron chi connectivity index (χ1n) is 8.37. The number of aryl methyl sites for hydroxylation is 1. The van der Waals surface area contributed by atoms with Gasteiger partial charge in [0.15, 0.2) is 5.11 Å². The van der Waals surface area contributed by atoms with Gasteiger partial charge in [0.2, 0.25) is 5.91 Å². The maximum absolute atomic E-state index is 12.0. The first-order chi connectivity index (χ1) is 11.0. The van der Waals surface area contributed by atoms with E-state index in [1.807, 2.05) is 31.2 Å². The van der Waals surface area contributed by atoms with Crippen LogP contribution < -0.4 is 16.2 Å². The Hall–Kier alpha value is -1.62. The smallest absolute Gasteiger partial charge is 0.242 e. The summed E-state index contributed by atoms with van der Waals surface area (Å²) in [5.41, 5.74) is 7.65. The third kappa shape index (κ3) is 5.20. The second kappa shape index (κ2) is 8.29. The van der Waals surface area contributed by atoms with Crippen molar-refractivity contribution in [3.8, 4) is 0 Å². The van der Waals surface area contributed by atoms with Crippen molar-refractivity contribution in [3.63, 3.8) is 0 Å². The Bertz CT molecular complexity index is 561. The van der Waals surface area contributed by atoms with Gasteiger partial charge in [0.1, 0.15) is 0 Å². The van der Waals surface area contributed by atoms with E-state index in [1.165, 1.54) is 12.8 Å². The topological polar surface area (TPSA) is 53.2 Å². The van der Waals surface area contributed by atoms with E-state index >= 15 is 0 Å². The molecule has 3 N–H and O–H groups in total. The van der Waals surface area contributed by atoms with Gasteiger partial charge in [0.25, 0.3) is 0 Å². The molecular formula is C18H27N3OS. The molecule has 1 amide bonds.